The van der Waals surface area contributed by atoms with Crippen LogP contribution in [0.1, 0.15) is 12.5 Å². The number of ether oxygens (including phenoxy) is 1. The summed E-state index contributed by atoms with van der Waals surface area (Å²) in [6.07, 6.45) is 8.29. The van der Waals surface area contributed by atoms with E-state index in [0.29, 0.717) is 12.2 Å². The second-order valence-electron chi connectivity index (χ2n) is 3.72. The standard InChI is InChI=1S/C13H14O3/c1-2-3-4-5-11-7-9-6-10(14)8-12(15)13(9)16-11/h2-6,8,11,14-15H,7H2,1H3. The highest BCUT2D eigenvalue weighted by atomic mass is 16.5. The summed E-state index contributed by atoms with van der Waals surface area (Å²) in [6, 6.07) is 2.91. The third-order valence-corrected chi connectivity index (χ3v) is 2.45. The molecule has 2 rings (SSSR count). The Morgan fingerprint density at radius 1 is 1.31 bits per heavy atom. The van der Waals surface area contributed by atoms with Crippen molar-refractivity contribution in [2.45, 2.75) is 19.4 Å². The van der Waals surface area contributed by atoms with Gasteiger partial charge in [0.25, 0.3) is 0 Å². The SMILES string of the molecule is CC=CC=CC1Cc2cc(O)cc(O)c2O1. The van der Waals surface area contributed by atoms with Gasteiger partial charge in [0.15, 0.2) is 11.5 Å². The van der Waals surface area contributed by atoms with Gasteiger partial charge in [-0.3, -0.25) is 0 Å². The number of hydrogen-bond donors (Lipinski definition) is 2. The minimum absolute atomic E-state index is 0.00284. The minimum atomic E-state index is -0.0705. The van der Waals surface area contributed by atoms with Crippen LogP contribution >= 0.6 is 0 Å². The third-order valence-electron chi connectivity index (χ3n) is 2.45. The van der Waals surface area contributed by atoms with Crippen LogP contribution in [-0.2, 0) is 6.42 Å². The zero-order valence-corrected chi connectivity index (χ0v) is 9.05. The first kappa shape index (κ1) is 10.6. The van der Waals surface area contributed by atoms with E-state index in [1.807, 2.05) is 31.2 Å². The molecule has 2 N–H and O–H groups in total. The lowest BCUT2D eigenvalue weighted by atomic mass is 10.1. The molecule has 1 heterocycles. The van der Waals surface area contributed by atoms with Crippen LogP contribution in [0.2, 0.25) is 0 Å². The number of benzene rings is 1. The monoisotopic (exact) mass is 218 g/mol. The molecule has 0 saturated carbocycles. The molecule has 1 aliphatic rings. The van der Waals surface area contributed by atoms with Crippen molar-refractivity contribution in [1.29, 1.82) is 0 Å². The first-order chi connectivity index (χ1) is 7.70. The first-order valence-electron chi connectivity index (χ1n) is 5.21. The average molecular weight is 218 g/mol. The lowest BCUT2D eigenvalue weighted by molar-refractivity contribution is 0.271. The summed E-state index contributed by atoms with van der Waals surface area (Å²) in [5.41, 5.74) is 0.840. The van der Waals surface area contributed by atoms with Gasteiger partial charge in [-0.25, -0.2) is 0 Å². The minimum Gasteiger partial charge on any atom is -0.508 e. The number of aromatic hydroxyl groups is 2. The van der Waals surface area contributed by atoms with Gasteiger partial charge in [0.2, 0.25) is 0 Å². The van der Waals surface area contributed by atoms with Crippen molar-refractivity contribution in [3.63, 3.8) is 0 Å². The average Bonchev–Trinajstić information content (AvgIpc) is 2.61. The Morgan fingerprint density at radius 2 is 2.12 bits per heavy atom. The molecule has 0 spiro atoms. The summed E-state index contributed by atoms with van der Waals surface area (Å²) < 4.78 is 5.56. The number of phenols is 2. The quantitative estimate of drug-likeness (QED) is 0.750. The van der Waals surface area contributed by atoms with Crippen LogP contribution in [0.15, 0.2) is 36.4 Å². The molecular weight excluding hydrogens is 204 g/mol. The molecule has 0 aromatic heterocycles. The Labute approximate surface area is 94.3 Å². The van der Waals surface area contributed by atoms with Crippen molar-refractivity contribution in [2.75, 3.05) is 0 Å². The molecule has 16 heavy (non-hydrogen) atoms. The van der Waals surface area contributed by atoms with E-state index >= 15 is 0 Å². The molecule has 3 nitrogen and oxygen atoms in total. The van der Waals surface area contributed by atoms with Crippen LogP contribution in [0.4, 0.5) is 0 Å². The van der Waals surface area contributed by atoms with Crippen LogP contribution in [0, 0.1) is 0 Å². The molecule has 1 unspecified atom stereocenters. The van der Waals surface area contributed by atoms with Crippen LogP contribution in [-0.4, -0.2) is 16.3 Å². The number of rotatable bonds is 2. The third kappa shape index (κ3) is 2.03. The number of fused-ring (bicyclic) bond motifs is 1. The topological polar surface area (TPSA) is 49.7 Å². The Hall–Kier alpha value is -1.90. The summed E-state index contributed by atoms with van der Waals surface area (Å²) in [7, 11) is 0. The van der Waals surface area contributed by atoms with E-state index in [4.69, 9.17) is 4.74 Å². The van der Waals surface area contributed by atoms with Crippen molar-refractivity contribution >= 4 is 0 Å². The van der Waals surface area contributed by atoms with E-state index < -0.39 is 0 Å². The number of hydrogen-bond acceptors (Lipinski definition) is 3. The molecule has 1 aliphatic heterocycles. The van der Waals surface area contributed by atoms with Gasteiger partial charge in [-0.05, 0) is 19.1 Å². The second kappa shape index (κ2) is 4.31. The zero-order valence-electron chi connectivity index (χ0n) is 9.05. The zero-order chi connectivity index (χ0) is 11.5. The predicted molar refractivity (Wildman–Crippen MR) is 61.8 cm³/mol. The Kier molecular flexibility index (Phi) is 2.86. The lowest BCUT2D eigenvalue weighted by Gasteiger charge is -2.05. The molecule has 0 saturated heterocycles. The summed E-state index contributed by atoms with van der Waals surface area (Å²) >= 11 is 0. The van der Waals surface area contributed by atoms with Gasteiger partial charge in [0.1, 0.15) is 11.9 Å². The highest BCUT2D eigenvalue weighted by molar-refractivity contribution is 5.53. The van der Waals surface area contributed by atoms with Gasteiger partial charge in [0.05, 0.1) is 0 Å². The van der Waals surface area contributed by atoms with Gasteiger partial charge in [0, 0.05) is 18.1 Å². The normalized spacial score (nSPS) is 19.2. The van der Waals surface area contributed by atoms with Crippen LogP contribution < -0.4 is 4.74 Å². The van der Waals surface area contributed by atoms with Gasteiger partial charge in [-0.2, -0.15) is 0 Å². The molecule has 84 valence electrons. The maximum atomic E-state index is 9.58. The smallest absolute Gasteiger partial charge is 0.165 e. The van der Waals surface area contributed by atoms with Gasteiger partial charge < -0.3 is 14.9 Å². The Morgan fingerprint density at radius 3 is 2.88 bits per heavy atom. The summed E-state index contributed by atoms with van der Waals surface area (Å²) in [5.74, 6) is 0.544. The fourth-order valence-electron chi connectivity index (χ4n) is 1.76. The molecule has 0 aliphatic carbocycles. The van der Waals surface area contributed by atoms with E-state index in [0.717, 1.165) is 5.56 Å². The lowest BCUT2D eigenvalue weighted by Crippen LogP contribution is -2.08. The first-order valence-corrected chi connectivity index (χ1v) is 5.21. The van der Waals surface area contributed by atoms with Gasteiger partial charge >= 0.3 is 0 Å². The summed E-state index contributed by atoms with van der Waals surface area (Å²) in [6.45, 7) is 1.94. The van der Waals surface area contributed by atoms with Gasteiger partial charge in [-0.1, -0.05) is 18.2 Å². The largest absolute Gasteiger partial charge is 0.508 e. The van der Waals surface area contributed by atoms with Crippen molar-refractivity contribution in [1.82, 2.24) is 0 Å². The number of phenolic OH excluding ortho intramolecular Hbond substituents is 2. The van der Waals surface area contributed by atoms with E-state index in [1.54, 1.807) is 6.07 Å². The Balaban J connectivity index is 2.18. The van der Waals surface area contributed by atoms with Crippen LogP contribution in [0.25, 0.3) is 0 Å². The maximum Gasteiger partial charge on any atom is 0.165 e. The van der Waals surface area contributed by atoms with Crippen molar-refractivity contribution in [3.05, 3.63) is 42.0 Å². The van der Waals surface area contributed by atoms with Gasteiger partial charge in [-0.15, -0.1) is 0 Å². The molecule has 1 aromatic carbocycles. The van der Waals surface area contributed by atoms with Crippen LogP contribution in [0.3, 0.4) is 0 Å². The van der Waals surface area contributed by atoms with E-state index in [9.17, 15) is 10.2 Å². The van der Waals surface area contributed by atoms with Crippen molar-refractivity contribution in [2.24, 2.45) is 0 Å². The molecular formula is C13H14O3. The molecule has 0 fully saturated rings. The summed E-state index contributed by atoms with van der Waals surface area (Å²) in [5, 5.41) is 18.9. The molecule has 0 amide bonds. The second-order valence-corrected chi connectivity index (χ2v) is 3.72. The molecule has 3 heteroatoms. The number of allylic oxidation sites excluding steroid dienone is 3. The molecule has 0 bridgehead atoms. The molecule has 0 radical (unpaired) electrons. The molecule has 1 atom stereocenters. The highest BCUT2D eigenvalue weighted by Crippen LogP contribution is 2.40. The molecule has 1 aromatic rings. The maximum absolute atomic E-state index is 9.58. The van der Waals surface area contributed by atoms with E-state index in [-0.39, 0.29) is 17.6 Å². The summed E-state index contributed by atoms with van der Waals surface area (Å²) in [4.78, 5) is 0. The van der Waals surface area contributed by atoms with Crippen LogP contribution in [0.5, 0.6) is 17.2 Å². The van der Waals surface area contributed by atoms with E-state index in [1.165, 1.54) is 6.07 Å². The fraction of sp³-hybridized carbons (Fsp3) is 0.231. The predicted octanol–water partition coefficient (Wildman–Crippen LogP) is 2.53. The fourth-order valence-corrected chi connectivity index (χ4v) is 1.76. The van der Waals surface area contributed by atoms with Crippen molar-refractivity contribution in [3.8, 4) is 17.2 Å². The Bertz CT molecular complexity index is 447. The van der Waals surface area contributed by atoms with E-state index in [2.05, 4.69) is 0 Å². The van der Waals surface area contributed by atoms with Crippen molar-refractivity contribution < 1.29 is 14.9 Å². The highest BCUT2D eigenvalue weighted by Gasteiger charge is 2.24.